The summed E-state index contributed by atoms with van der Waals surface area (Å²) < 4.78 is 11.4. The van der Waals surface area contributed by atoms with Gasteiger partial charge in [0.25, 0.3) is 0 Å². The second-order valence-corrected chi connectivity index (χ2v) is 8.37. The van der Waals surface area contributed by atoms with Crippen LogP contribution in [0.5, 0.6) is 11.6 Å². The van der Waals surface area contributed by atoms with Gasteiger partial charge in [-0.25, -0.2) is 0 Å². The third-order valence-electron chi connectivity index (χ3n) is 5.91. The molecule has 2 aromatic carbocycles. The zero-order chi connectivity index (χ0) is 23.5. The molecule has 2 heterocycles. The fourth-order valence-corrected chi connectivity index (χ4v) is 3.89. The fraction of sp³-hybridized carbons (Fsp3) is 0.360. The highest BCUT2D eigenvalue weighted by Crippen LogP contribution is 2.33. The molecule has 8 heteroatoms. The summed E-state index contributed by atoms with van der Waals surface area (Å²) >= 11 is 0. The standard InChI is InChI=1S/C25H28N2O6/c1-14-3-7-17(25-24(31)23(30)22(29)20(13-28)33-25)12-18(14)11-16-5-8-19(9-6-16)32-21-10-4-15(2)26-27-21/h3-10,12,20,22-25,28-31H,11,13H2,1-2H3/t20-,22-,23?,24-,25+/m1/s1. The third kappa shape index (κ3) is 5.21. The Morgan fingerprint density at radius 1 is 0.879 bits per heavy atom. The van der Waals surface area contributed by atoms with Gasteiger partial charge in [0, 0.05) is 6.07 Å². The van der Waals surface area contributed by atoms with Crippen molar-refractivity contribution in [2.75, 3.05) is 6.61 Å². The monoisotopic (exact) mass is 452 g/mol. The van der Waals surface area contributed by atoms with Crippen LogP contribution in [-0.2, 0) is 11.2 Å². The minimum Gasteiger partial charge on any atom is -0.438 e. The number of aryl methyl sites for hydroxylation is 2. The van der Waals surface area contributed by atoms with Gasteiger partial charge < -0.3 is 29.9 Å². The van der Waals surface area contributed by atoms with Crippen molar-refractivity contribution in [3.63, 3.8) is 0 Å². The Kier molecular flexibility index (Phi) is 7.02. The van der Waals surface area contributed by atoms with Crippen LogP contribution in [0.2, 0.25) is 0 Å². The van der Waals surface area contributed by atoms with Crippen LogP contribution in [0.15, 0.2) is 54.6 Å². The van der Waals surface area contributed by atoms with Crippen LogP contribution in [0, 0.1) is 13.8 Å². The Labute approximate surface area is 192 Å². The van der Waals surface area contributed by atoms with Crippen LogP contribution in [0.3, 0.4) is 0 Å². The maximum Gasteiger partial charge on any atom is 0.238 e. The second-order valence-electron chi connectivity index (χ2n) is 8.37. The van der Waals surface area contributed by atoms with Gasteiger partial charge in [0.2, 0.25) is 5.88 Å². The average Bonchev–Trinajstić information content (AvgIpc) is 2.82. The maximum absolute atomic E-state index is 10.5. The lowest BCUT2D eigenvalue weighted by Crippen LogP contribution is -2.55. The smallest absolute Gasteiger partial charge is 0.238 e. The van der Waals surface area contributed by atoms with E-state index in [-0.39, 0.29) is 0 Å². The van der Waals surface area contributed by atoms with E-state index in [1.54, 1.807) is 6.07 Å². The highest BCUT2D eigenvalue weighted by Gasteiger charge is 2.43. The molecular formula is C25H28N2O6. The van der Waals surface area contributed by atoms with Gasteiger partial charge in [0.05, 0.1) is 12.3 Å². The van der Waals surface area contributed by atoms with Gasteiger partial charge in [0.1, 0.15) is 36.3 Å². The lowest BCUT2D eigenvalue weighted by Gasteiger charge is -2.40. The van der Waals surface area contributed by atoms with Crippen molar-refractivity contribution in [1.82, 2.24) is 10.2 Å². The minimum absolute atomic E-state index is 0.427. The number of rotatable bonds is 6. The number of hydrogen-bond donors (Lipinski definition) is 4. The van der Waals surface area contributed by atoms with Crippen LogP contribution in [0.4, 0.5) is 0 Å². The summed E-state index contributed by atoms with van der Waals surface area (Å²) in [6.45, 7) is 3.41. The molecule has 5 atom stereocenters. The number of benzene rings is 2. The largest absolute Gasteiger partial charge is 0.438 e. The molecule has 4 rings (SSSR count). The van der Waals surface area contributed by atoms with E-state index < -0.39 is 37.1 Å². The van der Waals surface area contributed by atoms with Crippen molar-refractivity contribution in [2.45, 2.75) is 50.8 Å². The predicted molar refractivity (Wildman–Crippen MR) is 120 cm³/mol. The van der Waals surface area contributed by atoms with Gasteiger partial charge >= 0.3 is 0 Å². The molecule has 1 unspecified atom stereocenters. The maximum atomic E-state index is 10.5. The molecule has 3 aromatic rings. The Morgan fingerprint density at radius 3 is 2.30 bits per heavy atom. The quantitative estimate of drug-likeness (QED) is 0.448. The molecule has 0 bridgehead atoms. The van der Waals surface area contributed by atoms with Crippen LogP contribution in [0.25, 0.3) is 0 Å². The van der Waals surface area contributed by atoms with E-state index in [0.717, 1.165) is 22.4 Å². The van der Waals surface area contributed by atoms with E-state index in [2.05, 4.69) is 10.2 Å². The van der Waals surface area contributed by atoms with Gasteiger partial charge in [0.15, 0.2) is 0 Å². The summed E-state index contributed by atoms with van der Waals surface area (Å²) in [5.74, 6) is 1.08. The van der Waals surface area contributed by atoms with Crippen LogP contribution in [-0.4, -0.2) is 61.6 Å². The minimum atomic E-state index is -1.41. The van der Waals surface area contributed by atoms with Crippen molar-refractivity contribution < 1.29 is 29.9 Å². The van der Waals surface area contributed by atoms with E-state index >= 15 is 0 Å². The first-order valence-corrected chi connectivity index (χ1v) is 10.8. The van der Waals surface area contributed by atoms with Crippen molar-refractivity contribution in [3.05, 3.63) is 82.5 Å². The van der Waals surface area contributed by atoms with Gasteiger partial charge in [-0.3, -0.25) is 0 Å². The molecule has 1 saturated heterocycles. The first-order valence-electron chi connectivity index (χ1n) is 10.8. The molecular weight excluding hydrogens is 424 g/mol. The molecule has 8 nitrogen and oxygen atoms in total. The van der Waals surface area contributed by atoms with Crippen LogP contribution < -0.4 is 4.74 Å². The Bertz CT molecular complexity index is 1070. The van der Waals surface area contributed by atoms with E-state index in [0.29, 0.717) is 23.6 Å². The summed E-state index contributed by atoms with van der Waals surface area (Å²) in [4.78, 5) is 0. The Hall–Kier alpha value is -2.88. The number of aliphatic hydroxyl groups is 4. The first-order chi connectivity index (χ1) is 15.9. The molecule has 174 valence electrons. The topological polar surface area (TPSA) is 125 Å². The Balaban J connectivity index is 1.49. The van der Waals surface area contributed by atoms with Crippen molar-refractivity contribution in [2.24, 2.45) is 0 Å². The number of aliphatic hydroxyl groups excluding tert-OH is 4. The summed E-state index contributed by atoms with van der Waals surface area (Å²) in [5.41, 5.74) is 4.65. The lowest BCUT2D eigenvalue weighted by molar-refractivity contribution is -0.231. The van der Waals surface area contributed by atoms with Crippen LogP contribution in [0.1, 0.15) is 34.1 Å². The highest BCUT2D eigenvalue weighted by molar-refractivity contribution is 5.39. The van der Waals surface area contributed by atoms with Crippen LogP contribution >= 0.6 is 0 Å². The van der Waals surface area contributed by atoms with Gasteiger partial charge in [-0.05, 0) is 60.7 Å². The van der Waals surface area contributed by atoms with Crippen molar-refractivity contribution in [3.8, 4) is 11.6 Å². The van der Waals surface area contributed by atoms with E-state index in [4.69, 9.17) is 9.47 Å². The summed E-state index contributed by atoms with van der Waals surface area (Å²) in [5, 5.41) is 48.0. The SMILES string of the molecule is Cc1ccc(Oc2ccc(Cc3cc([C@@H]4O[C@H](CO)[C@@H](O)C(O)[C@H]4O)ccc3C)cc2)nn1. The third-order valence-corrected chi connectivity index (χ3v) is 5.91. The van der Waals surface area contributed by atoms with Crippen molar-refractivity contribution in [1.29, 1.82) is 0 Å². The number of ether oxygens (including phenoxy) is 2. The molecule has 1 aromatic heterocycles. The highest BCUT2D eigenvalue weighted by atomic mass is 16.5. The summed E-state index contributed by atoms with van der Waals surface area (Å²) in [7, 11) is 0. The van der Waals surface area contributed by atoms with E-state index in [9.17, 15) is 20.4 Å². The first kappa shape index (κ1) is 23.3. The second kappa shape index (κ2) is 9.94. The van der Waals surface area contributed by atoms with Gasteiger partial charge in [-0.1, -0.05) is 30.3 Å². The molecule has 1 aliphatic heterocycles. The molecule has 0 aliphatic carbocycles. The number of aromatic nitrogens is 2. The van der Waals surface area contributed by atoms with E-state index in [1.165, 1.54) is 0 Å². The zero-order valence-corrected chi connectivity index (χ0v) is 18.5. The number of hydrogen-bond acceptors (Lipinski definition) is 8. The molecule has 1 fully saturated rings. The average molecular weight is 453 g/mol. The predicted octanol–water partition coefficient (Wildman–Crippen LogP) is 1.99. The zero-order valence-electron chi connectivity index (χ0n) is 18.5. The molecule has 4 N–H and O–H groups in total. The lowest BCUT2D eigenvalue weighted by atomic mass is 9.89. The molecule has 0 radical (unpaired) electrons. The summed E-state index contributed by atoms with van der Waals surface area (Å²) in [6, 6.07) is 17.0. The fourth-order valence-electron chi connectivity index (χ4n) is 3.89. The summed E-state index contributed by atoms with van der Waals surface area (Å²) in [6.07, 6.45) is -5.24. The Morgan fingerprint density at radius 2 is 1.64 bits per heavy atom. The van der Waals surface area contributed by atoms with Gasteiger partial charge in [-0.2, -0.15) is 5.10 Å². The van der Waals surface area contributed by atoms with Gasteiger partial charge in [-0.15, -0.1) is 5.10 Å². The normalized spacial score (nSPS) is 25.1. The molecule has 1 aliphatic rings. The molecule has 0 spiro atoms. The molecule has 0 amide bonds. The molecule has 0 saturated carbocycles. The number of nitrogens with zero attached hydrogens (tertiary/aromatic N) is 2. The molecule has 33 heavy (non-hydrogen) atoms. The van der Waals surface area contributed by atoms with E-state index in [1.807, 2.05) is 62.4 Å². The van der Waals surface area contributed by atoms with Crippen molar-refractivity contribution >= 4 is 0 Å².